The molecule has 1 amide bonds. The molecular formula is C22H24N4O3S. The smallest absolute Gasteiger partial charge is 0.228 e. The first-order valence-corrected chi connectivity index (χ1v) is 11.4. The van der Waals surface area contributed by atoms with E-state index in [1.807, 2.05) is 32.2 Å². The van der Waals surface area contributed by atoms with E-state index < -0.39 is 9.84 Å². The van der Waals surface area contributed by atoms with E-state index in [0.29, 0.717) is 5.69 Å². The van der Waals surface area contributed by atoms with Gasteiger partial charge in [0.25, 0.3) is 0 Å². The average molecular weight is 425 g/mol. The maximum absolute atomic E-state index is 12.8. The van der Waals surface area contributed by atoms with Crippen LogP contribution in [0.5, 0.6) is 0 Å². The highest BCUT2D eigenvalue weighted by atomic mass is 32.2. The first kappa shape index (κ1) is 20.3. The molecular weight excluding hydrogens is 400 g/mol. The predicted molar refractivity (Wildman–Crippen MR) is 113 cm³/mol. The Labute approximate surface area is 176 Å². The molecule has 4 rings (SSSR count). The number of rotatable bonds is 6. The van der Waals surface area contributed by atoms with Gasteiger partial charge in [-0.15, -0.1) is 0 Å². The summed E-state index contributed by atoms with van der Waals surface area (Å²) in [5.74, 6) is 0.0271. The fraction of sp³-hybridized carbons (Fsp3) is 0.318. The maximum Gasteiger partial charge on any atom is 0.228 e. The number of carbonyl (C=O) groups excluding carboxylic acids is 1. The first-order valence-electron chi connectivity index (χ1n) is 9.96. The van der Waals surface area contributed by atoms with Gasteiger partial charge in [0.1, 0.15) is 4.90 Å². The highest BCUT2D eigenvalue weighted by Gasteiger charge is 2.37. The van der Waals surface area contributed by atoms with Gasteiger partial charge in [-0.3, -0.25) is 14.5 Å². The van der Waals surface area contributed by atoms with Gasteiger partial charge in [0, 0.05) is 36.2 Å². The summed E-state index contributed by atoms with van der Waals surface area (Å²) < 4.78 is 27.3. The molecule has 8 heteroatoms. The Morgan fingerprint density at radius 2 is 1.87 bits per heavy atom. The topological polar surface area (TPSA) is 94.0 Å². The lowest BCUT2D eigenvalue weighted by Crippen LogP contribution is -2.35. The molecule has 156 valence electrons. The second-order valence-corrected chi connectivity index (χ2v) is 9.79. The monoisotopic (exact) mass is 424 g/mol. The molecule has 1 aliphatic rings. The molecule has 2 aromatic heterocycles. The van der Waals surface area contributed by atoms with Crippen LogP contribution in [-0.2, 0) is 14.6 Å². The molecule has 1 saturated carbocycles. The number of nitrogens with zero attached hydrogens (tertiary/aromatic N) is 3. The van der Waals surface area contributed by atoms with E-state index in [9.17, 15) is 13.2 Å². The van der Waals surface area contributed by atoms with Gasteiger partial charge in [-0.05, 0) is 68.5 Å². The SMILES string of the molecule is CC(C)n1cc(S(=O)(=O)c2ccc(NC(=O)C3CCC3c3cccnc3)cc2)cn1. The Balaban J connectivity index is 1.45. The molecule has 0 bridgehead atoms. The second-order valence-electron chi connectivity index (χ2n) is 7.84. The Kier molecular flexibility index (Phi) is 5.42. The lowest BCUT2D eigenvalue weighted by molar-refractivity contribution is -0.123. The largest absolute Gasteiger partial charge is 0.326 e. The summed E-state index contributed by atoms with van der Waals surface area (Å²) in [5.41, 5.74) is 1.65. The number of nitrogens with one attached hydrogen (secondary N) is 1. The third-order valence-electron chi connectivity index (χ3n) is 5.57. The summed E-state index contributed by atoms with van der Waals surface area (Å²) in [7, 11) is -3.65. The van der Waals surface area contributed by atoms with E-state index in [1.54, 1.807) is 23.0 Å². The zero-order chi connectivity index (χ0) is 21.3. The lowest BCUT2D eigenvalue weighted by Gasteiger charge is -2.35. The van der Waals surface area contributed by atoms with Crippen LogP contribution in [-0.4, -0.2) is 29.1 Å². The molecule has 2 unspecified atom stereocenters. The summed E-state index contributed by atoms with van der Waals surface area (Å²) in [5, 5.41) is 7.02. The number of pyridine rings is 1. The van der Waals surface area contributed by atoms with Crippen LogP contribution in [0.4, 0.5) is 5.69 Å². The van der Waals surface area contributed by atoms with Gasteiger partial charge in [-0.1, -0.05) is 6.07 Å². The number of carbonyl (C=O) groups is 1. The molecule has 3 aromatic rings. The van der Waals surface area contributed by atoms with Crippen LogP contribution in [0.25, 0.3) is 0 Å². The molecule has 1 aromatic carbocycles. The van der Waals surface area contributed by atoms with Crippen molar-refractivity contribution in [2.45, 2.75) is 48.4 Å². The number of hydrogen-bond acceptors (Lipinski definition) is 5. The highest BCUT2D eigenvalue weighted by molar-refractivity contribution is 7.91. The van der Waals surface area contributed by atoms with Crippen molar-refractivity contribution in [2.24, 2.45) is 5.92 Å². The summed E-state index contributed by atoms with van der Waals surface area (Å²) in [6, 6.07) is 10.2. The van der Waals surface area contributed by atoms with Gasteiger partial charge in [0.15, 0.2) is 0 Å². The quantitative estimate of drug-likeness (QED) is 0.649. The molecule has 1 N–H and O–H groups in total. The highest BCUT2D eigenvalue weighted by Crippen LogP contribution is 2.42. The van der Waals surface area contributed by atoms with Crippen LogP contribution in [0.2, 0.25) is 0 Å². The van der Waals surface area contributed by atoms with Crippen molar-refractivity contribution in [3.05, 3.63) is 66.7 Å². The fourth-order valence-corrected chi connectivity index (χ4v) is 4.84. The minimum atomic E-state index is -3.65. The second kappa shape index (κ2) is 8.02. The maximum atomic E-state index is 12.8. The molecule has 2 heterocycles. The summed E-state index contributed by atoms with van der Waals surface area (Å²) in [6.45, 7) is 3.86. The zero-order valence-corrected chi connectivity index (χ0v) is 17.7. The van der Waals surface area contributed by atoms with Gasteiger partial charge in [0.05, 0.1) is 11.1 Å². The Morgan fingerprint density at radius 3 is 2.43 bits per heavy atom. The summed E-state index contributed by atoms with van der Waals surface area (Å²) >= 11 is 0. The molecule has 0 aliphatic heterocycles. The normalized spacial score (nSPS) is 18.8. The number of hydrogen-bond donors (Lipinski definition) is 1. The van der Waals surface area contributed by atoms with E-state index in [-0.39, 0.29) is 33.6 Å². The van der Waals surface area contributed by atoms with E-state index in [1.165, 1.54) is 24.5 Å². The number of benzene rings is 1. The molecule has 1 aliphatic carbocycles. The lowest BCUT2D eigenvalue weighted by atomic mass is 9.70. The first-order chi connectivity index (χ1) is 14.4. The van der Waals surface area contributed by atoms with Crippen LogP contribution >= 0.6 is 0 Å². The Hall–Kier alpha value is -3.00. The number of sulfone groups is 1. The van der Waals surface area contributed by atoms with Crippen molar-refractivity contribution in [2.75, 3.05) is 5.32 Å². The average Bonchev–Trinajstić information content (AvgIpc) is 3.20. The van der Waals surface area contributed by atoms with Gasteiger partial charge >= 0.3 is 0 Å². The van der Waals surface area contributed by atoms with Crippen LogP contribution < -0.4 is 5.32 Å². The minimum Gasteiger partial charge on any atom is -0.326 e. The van der Waals surface area contributed by atoms with Gasteiger partial charge in [-0.2, -0.15) is 5.10 Å². The van der Waals surface area contributed by atoms with Gasteiger partial charge < -0.3 is 5.32 Å². The molecule has 1 fully saturated rings. The van der Waals surface area contributed by atoms with E-state index in [2.05, 4.69) is 15.4 Å². The predicted octanol–water partition coefficient (Wildman–Crippen LogP) is 3.82. The van der Waals surface area contributed by atoms with Crippen molar-refractivity contribution in [1.82, 2.24) is 14.8 Å². The fourth-order valence-electron chi connectivity index (χ4n) is 3.64. The third-order valence-corrected chi connectivity index (χ3v) is 7.30. The van der Waals surface area contributed by atoms with E-state index in [4.69, 9.17) is 0 Å². The molecule has 7 nitrogen and oxygen atoms in total. The van der Waals surface area contributed by atoms with Crippen LogP contribution in [0.3, 0.4) is 0 Å². The number of aromatic nitrogens is 3. The number of anilines is 1. The van der Waals surface area contributed by atoms with Crippen LogP contribution in [0, 0.1) is 5.92 Å². The van der Waals surface area contributed by atoms with E-state index >= 15 is 0 Å². The van der Waals surface area contributed by atoms with Crippen molar-refractivity contribution in [1.29, 1.82) is 0 Å². The molecule has 0 spiro atoms. The zero-order valence-electron chi connectivity index (χ0n) is 16.9. The van der Waals surface area contributed by atoms with Crippen LogP contribution in [0.1, 0.15) is 44.2 Å². The summed E-state index contributed by atoms with van der Waals surface area (Å²) in [4.78, 5) is 17.1. The number of amides is 1. The summed E-state index contributed by atoms with van der Waals surface area (Å²) in [6.07, 6.45) is 8.22. The Morgan fingerprint density at radius 1 is 1.10 bits per heavy atom. The molecule has 0 saturated heterocycles. The van der Waals surface area contributed by atoms with Crippen molar-refractivity contribution < 1.29 is 13.2 Å². The van der Waals surface area contributed by atoms with Crippen LogP contribution in [0.15, 0.2) is 71.0 Å². The standard InChI is InChI=1S/C22H24N4O3S/c1-15(2)26-14-19(13-24-26)30(28,29)18-7-5-17(6-8-18)25-22(27)21-10-9-20(21)16-4-3-11-23-12-16/h3-8,11-15,20-21H,9-10H2,1-2H3,(H,25,27). The van der Waals surface area contributed by atoms with E-state index in [0.717, 1.165) is 18.4 Å². The van der Waals surface area contributed by atoms with Crippen molar-refractivity contribution >= 4 is 21.4 Å². The van der Waals surface area contributed by atoms with Gasteiger partial charge in [-0.25, -0.2) is 8.42 Å². The van der Waals surface area contributed by atoms with Crippen molar-refractivity contribution in [3.8, 4) is 0 Å². The molecule has 0 radical (unpaired) electrons. The van der Waals surface area contributed by atoms with Gasteiger partial charge in [0.2, 0.25) is 15.7 Å². The van der Waals surface area contributed by atoms with Crippen molar-refractivity contribution in [3.63, 3.8) is 0 Å². The Bertz CT molecular complexity index is 1140. The molecule has 30 heavy (non-hydrogen) atoms. The third kappa shape index (κ3) is 3.87. The minimum absolute atomic E-state index is 0.0519. The molecule has 2 atom stereocenters.